The number of hydrogen-bond acceptors (Lipinski definition) is 5. The summed E-state index contributed by atoms with van der Waals surface area (Å²) in [7, 11) is 3.12. The van der Waals surface area contributed by atoms with Crippen molar-refractivity contribution >= 4 is 11.9 Å². The van der Waals surface area contributed by atoms with Crippen LogP contribution in [-0.4, -0.2) is 75.9 Å². The summed E-state index contributed by atoms with van der Waals surface area (Å²) in [6.45, 7) is 10.9. The second kappa shape index (κ2) is 8.95. The van der Waals surface area contributed by atoms with Crippen LogP contribution in [0.4, 0.5) is 0 Å². The van der Waals surface area contributed by atoms with E-state index in [1.165, 1.54) is 7.11 Å². The lowest BCUT2D eigenvalue weighted by molar-refractivity contribution is -0.144. The van der Waals surface area contributed by atoms with E-state index in [9.17, 15) is 4.79 Å². The van der Waals surface area contributed by atoms with Gasteiger partial charge in [-0.15, -0.1) is 0 Å². The lowest BCUT2D eigenvalue weighted by Crippen LogP contribution is -2.56. The molecule has 0 radical (unpaired) electrons. The van der Waals surface area contributed by atoms with Gasteiger partial charge in [0.1, 0.15) is 0 Å². The lowest BCUT2D eigenvalue weighted by atomic mass is 10.0. The van der Waals surface area contributed by atoms with Crippen LogP contribution < -0.4 is 10.6 Å². The minimum Gasteiger partial charge on any atom is -0.469 e. The molecule has 0 aliphatic carbocycles. The molecule has 1 atom stereocenters. The maximum Gasteiger partial charge on any atom is 0.310 e. The highest BCUT2D eigenvalue weighted by Gasteiger charge is 2.28. The molecular weight excluding hydrogens is 284 g/mol. The molecule has 2 N–H and O–H groups in total. The fourth-order valence-electron chi connectivity index (χ4n) is 2.34. The number of esters is 1. The first-order valence-electron chi connectivity index (χ1n) is 7.76. The van der Waals surface area contributed by atoms with Crippen molar-refractivity contribution in [1.82, 2.24) is 15.5 Å². The molecule has 22 heavy (non-hydrogen) atoms. The van der Waals surface area contributed by atoms with Gasteiger partial charge < -0.3 is 20.1 Å². The number of guanidine groups is 1. The van der Waals surface area contributed by atoms with E-state index < -0.39 is 0 Å². The van der Waals surface area contributed by atoms with Crippen molar-refractivity contribution in [3.8, 4) is 0 Å². The standard InChI is InChI=1S/C15H30N4O3/c1-12(13(20)21-5)10-17-14(16-4)18-11-15(2,3)19-6-8-22-9-7-19/h12H,6-11H2,1-5H3,(H2,16,17,18). The number of methoxy groups -OCH3 is 1. The minimum atomic E-state index is -0.225. The second-order valence-electron chi connectivity index (χ2n) is 6.14. The van der Waals surface area contributed by atoms with Crippen LogP contribution in [0.25, 0.3) is 0 Å². The third-order valence-corrected chi connectivity index (χ3v) is 3.96. The molecule has 128 valence electrons. The van der Waals surface area contributed by atoms with Gasteiger partial charge in [-0.05, 0) is 13.8 Å². The molecule has 0 aromatic heterocycles. The summed E-state index contributed by atoms with van der Waals surface area (Å²) in [6.07, 6.45) is 0. The quantitative estimate of drug-likeness (QED) is 0.411. The summed E-state index contributed by atoms with van der Waals surface area (Å²) in [5, 5.41) is 6.48. The maximum absolute atomic E-state index is 11.4. The zero-order chi connectivity index (χ0) is 16.6. The molecule has 7 heteroatoms. The first kappa shape index (κ1) is 18.7. The van der Waals surface area contributed by atoms with E-state index in [0.717, 1.165) is 32.8 Å². The predicted octanol–water partition coefficient (Wildman–Crippen LogP) is 0.0713. The maximum atomic E-state index is 11.4. The van der Waals surface area contributed by atoms with Crippen molar-refractivity contribution in [3.63, 3.8) is 0 Å². The van der Waals surface area contributed by atoms with Crippen molar-refractivity contribution in [2.75, 3.05) is 53.6 Å². The molecule has 1 aliphatic rings. The molecule has 0 bridgehead atoms. The van der Waals surface area contributed by atoms with Crippen molar-refractivity contribution in [3.05, 3.63) is 0 Å². The molecule has 0 amide bonds. The van der Waals surface area contributed by atoms with Crippen molar-refractivity contribution in [2.24, 2.45) is 10.9 Å². The van der Waals surface area contributed by atoms with Crippen molar-refractivity contribution in [1.29, 1.82) is 0 Å². The fraction of sp³-hybridized carbons (Fsp3) is 0.867. The second-order valence-corrected chi connectivity index (χ2v) is 6.14. The highest BCUT2D eigenvalue weighted by Crippen LogP contribution is 2.14. The molecule has 1 saturated heterocycles. The Morgan fingerprint density at radius 3 is 2.55 bits per heavy atom. The monoisotopic (exact) mass is 314 g/mol. The molecule has 1 heterocycles. The van der Waals surface area contributed by atoms with Crippen molar-refractivity contribution in [2.45, 2.75) is 26.3 Å². The van der Waals surface area contributed by atoms with Crippen LogP contribution in [0.3, 0.4) is 0 Å². The summed E-state index contributed by atoms with van der Waals surface area (Å²) >= 11 is 0. The zero-order valence-corrected chi connectivity index (χ0v) is 14.4. The van der Waals surface area contributed by atoms with Gasteiger partial charge in [0.15, 0.2) is 5.96 Å². The molecule has 1 fully saturated rings. The van der Waals surface area contributed by atoms with Crippen LogP contribution in [0.5, 0.6) is 0 Å². The fourth-order valence-corrected chi connectivity index (χ4v) is 2.34. The van der Waals surface area contributed by atoms with Gasteiger partial charge in [-0.3, -0.25) is 14.7 Å². The summed E-state index contributed by atoms with van der Waals surface area (Å²) in [6, 6.07) is 0. The normalized spacial score (nSPS) is 18.7. The average Bonchev–Trinajstić information content (AvgIpc) is 2.54. The van der Waals surface area contributed by atoms with E-state index in [1.54, 1.807) is 7.05 Å². The Morgan fingerprint density at radius 2 is 2.00 bits per heavy atom. The molecule has 0 spiro atoms. The number of nitrogens with zero attached hydrogens (tertiary/aromatic N) is 2. The topological polar surface area (TPSA) is 75.2 Å². The Kier molecular flexibility index (Phi) is 7.61. The summed E-state index contributed by atoms with van der Waals surface area (Å²) in [5.41, 5.74) is 0.00929. The molecule has 1 unspecified atom stereocenters. The number of morpholine rings is 1. The molecule has 1 rings (SSSR count). The molecule has 7 nitrogen and oxygen atoms in total. The van der Waals surface area contributed by atoms with Gasteiger partial charge >= 0.3 is 5.97 Å². The third kappa shape index (κ3) is 5.81. The number of aliphatic imine (C=N–C) groups is 1. The van der Waals surface area contributed by atoms with Gasteiger partial charge in [0.2, 0.25) is 0 Å². The highest BCUT2D eigenvalue weighted by atomic mass is 16.5. The molecule has 1 aliphatic heterocycles. The van der Waals surface area contributed by atoms with E-state index >= 15 is 0 Å². The number of nitrogens with one attached hydrogen (secondary N) is 2. The van der Waals surface area contributed by atoms with Gasteiger partial charge in [0.05, 0.1) is 26.2 Å². The van der Waals surface area contributed by atoms with Gasteiger partial charge in [0.25, 0.3) is 0 Å². The van der Waals surface area contributed by atoms with Gasteiger partial charge in [-0.25, -0.2) is 0 Å². The molecule has 0 aromatic rings. The van der Waals surface area contributed by atoms with Gasteiger partial charge in [-0.1, -0.05) is 6.92 Å². The number of hydrogen-bond donors (Lipinski definition) is 2. The molecule has 0 aromatic carbocycles. The minimum absolute atomic E-state index is 0.00929. The van der Waals surface area contributed by atoms with E-state index in [4.69, 9.17) is 9.47 Å². The van der Waals surface area contributed by atoms with Gasteiger partial charge in [-0.2, -0.15) is 0 Å². The predicted molar refractivity (Wildman–Crippen MR) is 87.0 cm³/mol. The van der Waals surface area contributed by atoms with Crippen LogP contribution in [0.2, 0.25) is 0 Å². The van der Waals surface area contributed by atoms with E-state index in [1.807, 2.05) is 6.92 Å². The van der Waals surface area contributed by atoms with Crippen LogP contribution in [0, 0.1) is 5.92 Å². The first-order chi connectivity index (χ1) is 10.4. The number of carbonyl (C=O) groups is 1. The number of rotatable bonds is 6. The summed E-state index contributed by atoms with van der Waals surface area (Å²) in [4.78, 5) is 18.0. The van der Waals surface area contributed by atoms with Crippen molar-refractivity contribution < 1.29 is 14.3 Å². The third-order valence-electron chi connectivity index (χ3n) is 3.96. The highest BCUT2D eigenvalue weighted by molar-refractivity contribution is 5.80. The summed E-state index contributed by atoms with van der Waals surface area (Å²) < 4.78 is 10.1. The lowest BCUT2D eigenvalue weighted by Gasteiger charge is -2.41. The van der Waals surface area contributed by atoms with Crippen LogP contribution in [0.1, 0.15) is 20.8 Å². The Hall–Kier alpha value is -1.34. The van der Waals surface area contributed by atoms with E-state index in [2.05, 4.69) is 34.4 Å². The first-order valence-corrected chi connectivity index (χ1v) is 7.76. The molecule has 0 saturated carbocycles. The smallest absolute Gasteiger partial charge is 0.310 e. The van der Waals surface area contributed by atoms with Crippen LogP contribution in [0.15, 0.2) is 4.99 Å². The van der Waals surface area contributed by atoms with E-state index in [0.29, 0.717) is 12.5 Å². The number of carbonyl (C=O) groups excluding carboxylic acids is 1. The Morgan fingerprint density at radius 1 is 1.36 bits per heavy atom. The van der Waals surface area contributed by atoms with E-state index in [-0.39, 0.29) is 17.4 Å². The average molecular weight is 314 g/mol. The van der Waals surface area contributed by atoms with Crippen LogP contribution >= 0.6 is 0 Å². The SMILES string of the molecule is CN=C(NCC(C)C(=O)OC)NCC(C)(C)N1CCOCC1. The van der Waals surface area contributed by atoms with Crippen LogP contribution in [-0.2, 0) is 14.3 Å². The van der Waals surface area contributed by atoms with Gasteiger partial charge in [0, 0.05) is 38.8 Å². The zero-order valence-electron chi connectivity index (χ0n) is 14.4. The Labute approximate surface area is 133 Å². The largest absolute Gasteiger partial charge is 0.469 e. The number of ether oxygens (including phenoxy) is 2. The Bertz CT molecular complexity index is 379. The Balaban J connectivity index is 2.41. The molecular formula is C15H30N4O3. The summed E-state index contributed by atoms with van der Waals surface area (Å²) in [5.74, 6) is 0.254.